The van der Waals surface area contributed by atoms with E-state index in [0.29, 0.717) is 6.54 Å². The SMILES string of the molecule is CCCNC(c1ccccc1)(C(F)F)C1CC1. The van der Waals surface area contributed by atoms with Crippen molar-refractivity contribution in [2.24, 2.45) is 5.92 Å². The van der Waals surface area contributed by atoms with Crippen molar-refractivity contribution in [1.82, 2.24) is 5.32 Å². The monoisotopic (exact) mass is 239 g/mol. The van der Waals surface area contributed by atoms with Crippen molar-refractivity contribution in [3.05, 3.63) is 35.9 Å². The van der Waals surface area contributed by atoms with E-state index in [2.05, 4.69) is 5.32 Å². The number of alkyl halides is 2. The molecule has 0 heterocycles. The van der Waals surface area contributed by atoms with Crippen molar-refractivity contribution in [2.45, 2.75) is 38.2 Å². The van der Waals surface area contributed by atoms with E-state index in [4.69, 9.17) is 0 Å². The van der Waals surface area contributed by atoms with E-state index < -0.39 is 12.0 Å². The van der Waals surface area contributed by atoms with Crippen LogP contribution in [0.25, 0.3) is 0 Å². The van der Waals surface area contributed by atoms with Gasteiger partial charge in [-0.2, -0.15) is 0 Å². The van der Waals surface area contributed by atoms with Gasteiger partial charge < -0.3 is 5.32 Å². The number of halogens is 2. The van der Waals surface area contributed by atoms with E-state index in [9.17, 15) is 8.78 Å². The maximum Gasteiger partial charge on any atom is 0.260 e. The summed E-state index contributed by atoms with van der Waals surface area (Å²) in [7, 11) is 0. The Kier molecular flexibility index (Phi) is 3.77. The molecule has 1 aliphatic carbocycles. The maximum atomic E-state index is 13.6. The molecule has 3 heteroatoms. The van der Waals surface area contributed by atoms with Crippen molar-refractivity contribution < 1.29 is 8.78 Å². The molecule has 0 spiro atoms. The van der Waals surface area contributed by atoms with Crippen molar-refractivity contribution in [2.75, 3.05) is 6.54 Å². The Morgan fingerprint density at radius 3 is 2.41 bits per heavy atom. The molecule has 1 unspecified atom stereocenters. The third-order valence-corrected chi connectivity index (χ3v) is 3.48. The minimum Gasteiger partial charge on any atom is -0.302 e. The average molecular weight is 239 g/mol. The van der Waals surface area contributed by atoms with E-state index >= 15 is 0 Å². The van der Waals surface area contributed by atoms with Crippen LogP contribution in [-0.2, 0) is 5.54 Å². The fraction of sp³-hybridized carbons (Fsp3) is 0.571. The van der Waals surface area contributed by atoms with Crippen molar-refractivity contribution in [3.8, 4) is 0 Å². The summed E-state index contributed by atoms with van der Waals surface area (Å²) >= 11 is 0. The first-order valence-corrected chi connectivity index (χ1v) is 6.30. The van der Waals surface area contributed by atoms with Gasteiger partial charge in [0.05, 0.1) is 0 Å². The molecule has 0 amide bonds. The number of rotatable bonds is 6. The zero-order valence-corrected chi connectivity index (χ0v) is 10.1. The van der Waals surface area contributed by atoms with Gasteiger partial charge >= 0.3 is 0 Å². The Labute approximate surface area is 101 Å². The van der Waals surface area contributed by atoms with Gasteiger partial charge in [-0.25, -0.2) is 8.78 Å². The van der Waals surface area contributed by atoms with Gasteiger partial charge in [0.15, 0.2) is 0 Å². The molecule has 0 saturated heterocycles. The minimum atomic E-state index is -2.36. The van der Waals surface area contributed by atoms with E-state index in [1.165, 1.54) is 0 Å². The molecule has 0 radical (unpaired) electrons. The summed E-state index contributed by atoms with van der Waals surface area (Å²) in [5, 5.41) is 3.11. The van der Waals surface area contributed by atoms with Crippen LogP contribution in [0.15, 0.2) is 30.3 Å². The van der Waals surface area contributed by atoms with E-state index in [1.807, 2.05) is 37.3 Å². The summed E-state index contributed by atoms with van der Waals surface area (Å²) < 4.78 is 27.2. The van der Waals surface area contributed by atoms with Crippen LogP contribution in [0.3, 0.4) is 0 Å². The van der Waals surface area contributed by atoms with Gasteiger partial charge in [-0.1, -0.05) is 37.3 Å². The summed E-state index contributed by atoms with van der Waals surface area (Å²) in [6.07, 6.45) is 0.309. The van der Waals surface area contributed by atoms with Crippen LogP contribution in [0.1, 0.15) is 31.7 Å². The predicted octanol–water partition coefficient (Wildman–Crippen LogP) is 3.56. The second-order valence-electron chi connectivity index (χ2n) is 4.74. The molecule has 1 aromatic carbocycles. The quantitative estimate of drug-likeness (QED) is 0.800. The van der Waals surface area contributed by atoms with Crippen LogP contribution >= 0.6 is 0 Å². The lowest BCUT2D eigenvalue weighted by Crippen LogP contribution is -2.50. The molecular weight excluding hydrogens is 220 g/mol. The summed E-state index contributed by atoms with van der Waals surface area (Å²) in [4.78, 5) is 0. The molecule has 0 bridgehead atoms. The summed E-state index contributed by atoms with van der Waals surface area (Å²) in [6, 6.07) is 9.16. The lowest BCUT2D eigenvalue weighted by atomic mass is 9.85. The Morgan fingerprint density at radius 1 is 1.29 bits per heavy atom. The molecule has 1 N–H and O–H groups in total. The van der Waals surface area contributed by atoms with Crippen LogP contribution in [0, 0.1) is 5.92 Å². The zero-order valence-electron chi connectivity index (χ0n) is 10.1. The molecule has 1 fully saturated rings. The maximum absolute atomic E-state index is 13.6. The molecular formula is C14H19F2N. The third kappa shape index (κ3) is 2.34. The first kappa shape index (κ1) is 12.5. The molecule has 1 aromatic rings. The molecule has 1 nitrogen and oxygen atoms in total. The lowest BCUT2D eigenvalue weighted by Gasteiger charge is -2.35. The molecule has 2 rings (SSSR count). The Morgan fingerprint density at radius 2 is 1.94 bits per heavy atom. The zero-order chi connectivity index (χ0) is 12.3. The first-order chi connectivity index (χ1) is 8.21. The molecule has 1 saturated carbocycles. The number of hydrogen-bond donors (Lipinski definition) is 1. The standard InChI is InChI=1S/C14H19F2N/c1-2-10-17-14(13(15)16,12-8-9-12)11-6-4-3-5-7-11/h3-7,12-13,17H,2,8-10H2,1H3. The van der Waals surface area contributed by atoms with Gasteiger partial charge in [-0.3, -0.25) is 0 Å². The summed E-state index contributed by atoms with van der Waals surface area (Å²) in [5.41, 5.74) is -0.400. The van der Waals surface area contributed by atoms with Crippen LogP contribution < -0.4 is 5.32 Å². The smallest absolute Gasteiger partial charge is 0.260 e. The van der Waals surface area contributed by atoms with Gasteiger partial charge in [0.2, 0.25) is 0 Å². The Bertz CT molecular complexity index is 344. The third-order valence-electron chi connectivity index (χ3n) is 3.48. The normalized spacial score (nSPS) is 19.3. The number of hydrogen-bond acceptors (Lipinski definition) is 1. The highest BCUT2D eigenvalue weighted by atomic mass is 19.3. The Hall–Kier alpha value is -0.960. The van der Waals surface area contributed by atoms with E-state index in [0.717, 1.165) is 24.8 Å². The molecule has 0 aliphatic heterocycles. The summed E-state index contributed by atoms with van der Waals surface area (Å²) in [5.74, 6) is 0.0800. The highest BCUT2D eigenvalue weighted by Gasteiger charge is 2.52. The molecule has 1 aliphatic rings. The van der Waals surface area contributed by atoms with Crippen molar-refractivity contribution in [1.29, 1.82) is 0 Å². The van der Waals surface area contributed by atoms with Crippen LogP contribution in [0.5, 0.6) is 0 Å². The lowest BCUT2D eigenvalue weighted by molar-refractivity contribution is 0.0127. The number of nitrogens with one attached hydrogen (secondary N) is 1. The second-order valence-corrected chi connectivity index (χ2v) is 4.74. The summed E-state index contributed by atoms with van der Waals surface area (Å²) in [6.45, 7) is 2.64. The fourth-order valence-electron chi connectivity index (χ4n) is 2.45. The molecule has 94 valence electrons. The van der Waals surface area contributed by atoms with Gasteiger partial charge in [0, 0.05) is 0 Å². The predicted molar refractivity (Wildman–Crippen MR) is 65.1 cm³/mol. The molecule has 1 atom stereocenters. The Balaban J connectivity index is 2.33. The van der Waals surface area contributed by atoms with E-state index in [-0.39, 0.29) is 5.92 Å². The first-order valence-electron chi connectivity index (χ1n) is 6.30. The number of benzene rings is 1. The average Bonchev–Trinajstić information content (AvgIpc) is 3.16. The highest BCUT2D eigenvalue weighted by Crippen LogP contribution is 2.49. The largest absolute Gasteiger partial charge is 0.302 e. The van der Waals surface area contributed by atoms with Crippen molar-refractivity contribution in [3.63, 3.8) is 0 Å². The molecule has 0 aromatic heterocycles. The molecule has 17 heavy (non-hydrogen) atoms. The highest BCUT2D eigenvalue weighted by molar-refractivity contribution is 5.28. The van der Waals surface area contributed by atoms with Crippen LogP contribution in [0.4, 0.5) is 8.78 Å². The van der Waals surface area contributed by atoms with E-state index in [1.54, 1.807) is 0 Å². The second kappa shape index (κ2) is 5.13. The topological polar surface area (TPSA) is 12.0 Å². The van der Waals surface area contributed by atoms with Gasteiger partial charge in [0.25, 0.3) is 6.43 Å². The van der Waals surface area contributed by atoms with Crippen LogP contribution in [0.2, 0.25) is 0 Å². The van der Waals surface area contributed by atoms with Crippen LogP contribution in [-0.4, -0.2) is 13.0 Å². The van der Waals surface area contributed by atoms with Gasteiger partial charge in [-0.05, 0) is 37.3 Å². The fourth-order valence-corrected chi connectivity index (χ4v) is 2.45. The van der Waals surface area contributed by atoms with Gasteiger partial charge in [-0.15, -0.1) is 0 Å². The van der Waals surface area contributed by atoms with Crippen molar-refractivity contribution >= 4 is 0 Å². The minimum absolute atomic E-state index is 0.0800. The van der Waals surface area contributed by atoms with Gasteiger partial charge in [0.1, 0.15) is 5.54 Å².